The predicted octanol–water partition coefficient (Wildman–Crippen LogP) is 2.94. The van der Waals surface area contributed by atoms with Gasteiger partial charge in [0.25, 0.3) is 5.91 Å². The summed E-state index contributed by atoms with van der Waals surface area (Å²) in [4.78, 5) is 15.3. The molecule has 1 aromatic heterocycles. The highest BCUT2D eigenvalue weighted by Gasteiger charge is 2.14. The lowest BCUT2D eigenvalue weighted by Crippen LogP contribution is -2.30. The van der Waals surface area contributed by atoms with E-state index < -0.39 is 0 Å². The van der Waals surface area contributed by atoms with E-state index in [0.717, 1.165) is 11.9 Å². The molecule has 0 atom stereocenters. The molecule has 0 saturated carbocycles. The van der Waals surface area contributed by atoms with Gasteiger partial charge in [0, 0.05) is 29.7 Å². The highest BCUT2D eigenvalue weighted by atomic mass is 16.7. The molecule has 4 rings (SSSR count). The number of H-pyrrole nitrogens is 1. The molecule has 134 valence electrons. The molecule has 0 radical (unpaired) electrons. The maximum absolute atomic E-state index is 12.0. The van der Waals surface area contributed by atoms with Crippen molar-refractivity contribution in [1.29, 1.82) is 0 Å². The summed E-state index contributed by atoms with van der Waals surface area (Å²) in [6.07, 6.45) is 2.76. The van der Waals surface area contributed by atoms with Crippen LogP contribution in [0.3, 0.4) is 0 Å². The molecule has 0 spiro atoms. The third-order valence-electron chi connectivity index (χ3n) is 4.35. The lowest BCUT2D eigenvalue weighted by atomic mass is 10.1. The van der Waals surface area contributed by atoms with Crippen molar-refractivity contribution in [3.63, 3.8) is 0 Å². The molecule has 2 N–H and O–H groups in total. The van der Waals surface area contributed by atoms with Crippen molar-refractivity contribution in [2.45, 2.75) is 13.3 Å². The molecule has 1 aliphatic rings. The minimum Gasteiger partial charge on any atom is -0.484 e. The third kappa shape index (κ3) is 3.44. The number of hydrogen-bond donors (Lipinski definition) is 2. The van der Waals surface area contributed by atoms with Gasteiger partial charge in [0.1, 0.15) is 5.75 Å². The van der Waals surface area contributed by atoms with E-state index in [2.05, 4.69) is 35.4 Å². The first-order valence-corrected chi connectivity index (χ1v) is 8.55. The van der Waals surface area contributed by atoms with Crippen LogP contribution in [0.1, 0.15) is 11.1 Å². The number of aromatic amines is 1. The molecule has 6 heteroatoms. The summed E-state index contributed by atoms with van der Waals surface area (Å²) in [5.41, 5.74) is 3.53. The molecule has 0 unspecified atom stereocenters. The van der Waals surface area contributed by atoms with Crippen molar-refractivity contribution in [3.05, 3.63) is 53.7 Å². The fraction of sp³-hybridized carbons (Fsp3) is 0.250. The minimum atomic E-state index is -0.154. The molecule has 1 amide bonds. The van der Waals surface area contributed by atoms with E-state index in [0.29, 0.717) is 23.8 Å². The van der Waals surface area contributed by atoms with Crippen molar-refractivity contribution in [1.82, 2.24) is 10.3 Å². The van der Waals surface area contributed by atoms with Crippen LogP contribution in [-0.2, 0) is 11.2 Å². The second-order valence-electron chi connectivity index (χ2n) is 6.27. The Morgan fingerprint density at radius 1 is 1.19 bits per heavy atom. The topological polar surface area (TPSA) is 72.6 Å². The Labute approximate surface area is 151 Å². The molecule has 6 nitrogen and oxygen atoms in total. The normalized spacial score (nSPS) is 12.3. The fourth-order valence-electron chi connectivity index (χ4n) is 3.00. The highest BCUT2D eigenvalue weighted by Crippen LogP contribution is 2.35. The van der Waals surface area contributed by atoms with Gasteiger partial charge in [0.2, 0.25) is 6.79 Å². The summed E-state index contributed by atoms with van der Waals surface area (Å²) in [6.45, 7) is 2.81. The number of rotatable bonds is 6. The highest BCUT2D eigenvalue weighted by molar-refractivity contribution is 5.84. The van der Waals surface area contributed by atoms with Crippen LogP contribution in [0.2, 0.25) is 0 Å². The zero-order chi connectivity index (χ0) is 17.9. The number of carbonyl (C=O) groups is 1. The Hall–Kier alpha value is -3.15. The van der Waals surface area contributed by atoms with Crippen molar-refractivity contribution in [3.8, 4) is 17.2 Å². The van der Waals surface area contributed by atoms with Gasteiger partial charge in [-0.1, -0.05) is 11.6 Å². The van der Waals surface area contributed by atoms with Crippen LogP contribution in [-0.4, -0.2) is 30.8 Å². The quantitative estimate of drug-likeness (QED) is 0.715. The Balaban J connectivity index is 1.27. The standard InChI is InChI=1S/C20H20N2O4/c1-13-2-4-17-16(8-13)14(10-22-17)6-7-21-20(23)11-24-15-3-5-18-19(9-15)26-12-25-18/h2-5,8-10,22H,6-7,11-12H2,1H3,(H,21,23). The molecule has 2 heterocycles. The van der Waals surface area contributed by atoms with Gasteiger partial charge in [0.05, 0.1) is 0 Å². The van der Waals surface area contributed by atoms with E-state index in [1.165, 1.54) is 16.5 Å². The Morgan fingerprint density at radius 3 is 3.00 bits per heavy atom. The Kier molecular flexibility index (Phi) is 4.39. The number of amides is 1. The monoisotopic (exact) mass is 352 g/mol. The van der Waals surface area contributed by atoms with E-state index in [1.54, 1.807) is 18.2 Å². The lowest BCUT2D eigenvalue weighted by Gasteiger charge is -2.08. The predicted molar refractivity (Wildman–Crippen MR) is 97.8 cm³/mol. The van der Waals surface area contributed by atoms with E-state index in [4.69, 9.17) is 14.2 Å². The van der Waals surface area contributed by atoms with Crippen LogP contribution in [0.5, 0.6) is 17.2 Å². The van der Waals surface area contributed by atoms with Gasteiger partial charge in [-0.15, -0.1) is 0 Å². The first-order chi connectivity index (χ1) is 12.7. The van der Waals surface area contributed by atoms with Gasteiger partial charge in [-0.2, -0.15) is 0 Å². The second-order valence-corrected chi connectivity index (χ2v) is 6.27. The van der Waals surface area contributed by atoms with Crippen molar-refractivity contribution in [2.24, 2.45) is 0 Å². The first kappa shape index (κ1) is 16.3. The number of aryl methyl sites for hydroxylation is 1. The Morgan fingerprint density at radius 2 is 2.08 bits per heavy atom. The Bertz CT molecular complexity index is 948. The van der Waals surface area contributed by atoms with Gasteiger partial charge < -0.3 is 24.5 Å². The SMILES string of the molecule is Cc1ccc2[nH]cc(CCNC(=O)COc3ccc4c(c3)OCO4)c2c1. The molecule has 0 saturated heterocycles. The van der Waals surface area contributed by atoms with E-state index in [-0.39, 0.29) is 19.3 Å². The molecule has 0 fully saturated rings. The van der Waals surface area contributed by atoms with Gasteiger partial charge in [-0.05, 0) is 43.2 Å². The van der Waals surface area contributed by atoms with Gasteiger partial charge >= 0.3 is 0 Å². The number of aromatic nitrogens is 1. The smallest absolute Gasteiger partial charge is 0.257 e. The average Bonchev–Trinajstić information content (AvgIpc) is 3.26. The first-order valence-electron chi connectivity index (χ1n) is 8.55. The summed E-state index contributed by atoms with van der Waals surface area (Å²) in [5, 5.41) is 4.09. The summed E-state index contributed by atoms with van der Waals surface area (Å²) < 4.78 is 16.0. The summed E-state index contributed by atoms with van der Waals surface area (Å²) >= 11 is 0. The van der Waals surface area contributed by atoms with E-state index in [1.807, 2.05) is 6.20 Å². The van der Waals surface area contributed by atoms with Crippen LogP contribution >= 0.6 is 0 Å². The molecule has 0 aliphatic carbocycles. The zero-order valence-electron chi connectivity index (χ0n) is 14.5. The fourth-order valence-corrected chi connectivity index (χ4v) is 3.00. The van der Waals surface area contributed by atoms with Crippen LogP contribution < -0.4 is 19.5 Å². The molecular formula is C20H20N2O4. The van der Waals surface area contributed by atoms with Gasteiger partial charge in [0.15, 0.2) is 18.1 Å². The second kappa shape index (κ2) is 7.00. The number of fused-ring (bicyclic) bond motifs is 2. The van der Waals surface area contributed by atoms with Crippen molar-refractivity contribution >= 4 is 16.8 Å². The molecular weight excluding hydrogens is 332 g/mol. The van der Waals surface area contributed by atoms with Crippen molar-refractivity contribution < 1.29 is 19.0 Å². The van der Waals surface area contributed by atoms with Crippen LogP contribution in [0, 0.1) is 6.92 Å². The van der Waals surface area contributed by atoms with Gasteiger partial charge in [-0.25, -0.2) is 0 Å². The van der Waals surface area contributed by atoms with Crippen LogP contribution in [0.25, 0.3) is 10.9 Å². The molecule has 1 aliphatic heterocycles. The molecule has 2 aromatic carbocycles. The molecule has 0 bridgehead atoms. The molecule has 3 aromatic rings. The maximum atomic E-state index is 12.0. The lowest BCUT2D eigenvalue weighted by molar-refractivity contribution is -0.123. The summed E-state index contributed by atoms with van der Waals surface area (Å²) in [6, 6.07) is 11.6. The molecule has 26 heavy (non-hydrogen) atoms. The maximum Gasteiger partial charge on any atom is 0.257 e. The largest absolute Gasteiger partial charge is 0.484 e. The minimum absolute atomic E-state index is 0.0351. The third-order valence-corrected chi connectivity index (χ3v) is 4.35. The summed E-state index contributed by atoms with van der Waals surface area (Å²) in [7, 11) is 0. The summed E-state index contributed by atoms with van der Waals surface area (Å²) in [5.74, 6) is 1.75. The van der Waals surface area contributed by atoms with E-state index >= 15 is 0 Å². The number of ether oxygens (including phenoxy) is 3. The van der Waals surface area contributed by atoms with Crippen LogP contribution in [0.15, 0.2) is 42.6 Å². The number of benzene rings is 2. The van der Waals surface area contributed by atoms with Crippen molar-refractivity contribution in [2.75, 3.05) is 19.9 Å². The number of carbonyl (C=O) groups excluding carboxylic acids is 1. The number of hydrogen-bond acceptors (Lipinski definition) is 4. The van der Waals surface area contributed by atoms with E-state index in [9.17, 15) is 4.79 Å². The van der Waals surface area contributed by atoms with Crippen LogP contribution in [0.4, 0.5) is 0 Å². The van der Waals surface area contributed by atoms with Gasteiger partial charge in [-0.3, -0.25) is 4.79 Å². The number of nitrogens with one attached hydrogen (secondary N) is 2. The average molecular weight is 352 g/mol. The zero-order valence-corrected chi connectivity index (χ0v) is 14.5.